The summed E-state index contributed by atoms with van der Waals surface area (Å²) in [5, 5.41) is 11.6. The third-order valence-corrected chi connectivity index (χ3v) is 6.26. The molecule has 0 spiro atoms. The molecule has 0 aromatic carbocycles. The van der Waals surface area contributed by atoms with Crippen molar-refractivity contribution in [3.63, 3.8) is 0 Å². The van der Waals surface area contributed by atoms with Crippen LogP contribution in [0.15, 0.2) is 25.3 Å². The molecule has 0 amide bonds. The lowest BCUT2D eigenvalue weighted by atomic mass is 10.00. The van der Waals surface area contributed by atoms with E-state index in [2.05, 4.69) is 25.8 Å². The number of rotatable bonds is 5. The third-order valence-electron chi connectivity index (χ3n) is 2.55. The van der Waals surface area contributed by atoms with Gasteiger partial charge in [0.05, 0.1) is 9.33 Å². The molecule has 1 atom stereocenters. The standard InChI is InChI=1S/C9H14BrN3O3S2/c1-3-9(2,8(11)12-14)13-18(15,16)7-5-4-6(10)17-7/h4-5,13-14H,3H2,1-2H3,(H2,11,12). The van der Waals surface area contributed by atoms with Gasteiger partial charge in [-0.15, -0.1) is 11.3 Å². The Balaban J connectivity index is 3.09. The highest BCUT2D eigenvalue weighted by atomic mass is 79.9. The molecule has 18 heavy (non-hydrogen) atoms. The van der Waals surface area contributed by atoms with E-state index in [0.29, 0.717) is 10.2 Å². The predicted octanol–water partition coefficient (Wildman–Crippen LogP) is 1.70. The van der Waals surface area contributed by atoms with Gasteiger partial charge in [0.2, 0.25) is 0 Å². The summed E-state index contributed by atoms with van der Waals surface area (Å²) in [5.74, 6) is -0.177. The lowest BCUT2D eigenvalue weighted by Crippen LogP contribution is -2.54. The summed E-state index contributed by atoms with van der Waals surface area (Å²) in [6.45, 7) is 3.30. The van der Waals surface area contributed by atoms with Crippen LogP contribution in [0, 0.1) is 0 Å². The number of halogens is 1. The quantitative estimate of drug-likeness (QED) is 0.323. The zero-order valence-corrected chi connectivity index (χ0v) is 13.1. The van der Waals surface area contributed by atoms with Crippen LogP contribution in [0.4, 0.5) is 0 Å². The summed E-state index contributed by atoms with van der Waals surface area (Å²) in [6.07, 6.45) is 0.356. The van der Waals surface area contributed by atoms with Crippen LogP contribution in [-0.2, 0) is 10.0 Å². The van der Waals surface area contributed by atoms with Crippen molar-refractivity contribution in [3.05, 3.63) is 15.9 Å². The zero-order chi connectivity index (χ0) is 14.0. The second kappa shape index (κ2) is 5.55. The van der Waals surface area contributed by atoms with Crippen molar-refractivity contribution in [1.29, 1.82) is 0 Å². The van der Waals surface area contributed by atoms with Gasteiger partial charge in [0, 0.05) is 0 Å². The summed E-state index contributed by atoms with van der Waals surface area (Å²) in [7, 11) is -3.70. The molecule has 0 aliphatic rings. The third kappa shape index (κ3) is 3.22. The number of amidine groups is 1. The van der Waals surface area contributed by atoms with E-state index in [1.54, 1.807) is 19.9 Å². The number of nitrogens with two attached hydrogens (primary N) is 1. The minimum absolute atomic E-state index is 0.166. The molecule has 1 aromatic heterocycles. The first-order chi connectivity index (χ1) is 8.25. The second-order valence-corrected chi connectivity index (χ2v) is 8.21. The number of thiophene rings is 1. The van der Waals surface area contributed by atoms with Crippen LogP contribution < -0.4 is 10.5 Å². The number of nitrogens with one attached hydrogen (secondary N) is 1. The Kier molecular flexibility index (Phi) is 4.76. The van der Waals surface area contributed by atoms with E-state index in [0.717, 1.165) is 11.3 Å². The SMILES string of the molecule is CCC(C)(NS(=O)(=O)c1ccc(Br)s1)/C(N)=N/O. The molecular formula is C9H14BrN3O3S2. The maximum absolute atomic E-state index is 12.1. The van der Waals surface area contributed by atoms with Gasteiger partial charge >= 0.3 is 0 Å². The average Bonchev–Trinajstić information content (AvgIpc) is 2.74. The first-order valence-corrected chi connectivity index (χ1v) is 8.12. The fourth-order valence-corrected chi connectivity index (χ4v) is 4.67. The van der Waals surface area contributed by atoms with E-state index in [-0.39, 0.29) is 10.0 Å². The number of oxime groups is 1. The molecule has 0 radical (unpaired) electrons. The normalized spacial score (nSPS) is 16.5. The molecule has 102 valence electrons. The number of hydrogen-bond donors (Lipinski definition) is 3. The zero-order valence-electron chi connectivity index (χ0n) is 9.84. The highest BCUT2D eigenvalue weighted by Crippen LogP contribution is 2.27. The fourth-order valence-electron chi connectivity index (χ4n) is 1.20. The Morgan fingerprint density at radius 1 is 1.67 bits per heavy atom. The molecule has 1 aromatic rings. The molecule has 1 heterocycles. The van der Waals surface area contributed by atoms with Crippen LogP contribution >= 0.6 is 27.3 Å². The Morgan fingerprint density at radius 2 is 2.28 bits per heavy atom. The molecule has 0 aliphatic carbocycles. The molecule has 1 unspecified atom stereocenters. The predicted molar refractivity (Wildman–Crippen MR) is 74.4 cm³/mol. The van der Waals surface area contributed by atoms with Crippen LogP contribution in [0.25, 0.3) is 0 Å². The Hall–Kier alpha value is -0.640. The molecule has 0 bridgehead atoms. The lowest BCUT2D eigenvalue weighted by molar-refractivity contribution is 0.310. The van der Waals surface area contributed by atoms with Gasteiger partial charge in [0.15, 0.2) is 5.84 Å². The van der Waals surface area contributed by atoms with E-state index >= 15 is 0 Å². The average molecular weight is 356 g/mol. The van der Waals surface area contributed by atoms with E-state index < -0.39 is 15.6 Å². The van der Waals surface area contributed by atoms with E-state index in [1.165, 1.54) is 6.07 Å². The van der Waals surface area contributed by atoms with E-state index in [9.17, 15) is 8.42 Å². The van der Waals surface area contributed by atoms with Crippen LogP contribution in [0.1, 0.15) is 20.3 Å². The molecule has 6 nitrogen and oxygen atoms in total. The Labute approximate surface area is 118 Å². The molecule has 9 heteroatoms. The van der Waals surface area contributed by atoms with Crippen LogP contribution in [0.3, 0.4) is 0 Å². The van der Waals surface area contributed by atoms with Gasteiger partial charge < -0.3 is 10.9 Å². The molecule has 0 saturated heterocycles. The largest absolute Gasteiger partial charge is 0.409 e. The number of nitrogens with zero attached hydrogens (tertiary/aromatic N) is 1. The minimum atomic E-state index is -3.70. The number of hydrogen-bond acceptors (Lipinski definition) is 5. The molecule has 0 aliphatic heterocycles. The first kappa shape index (κ1) is 15.4. The van der Waals surface area contributed by atoms with Crippen LogP contribution in [-0.4, -0.2) is 25.0 Å². The van der Waals surface area contributed by atoms with Crippen molar-refractivity contribution in [3.8, 4) is 0 Å². The van der Waals surface area contributed by atoms with Gasteiger partial charge in [-0.2, -0.15) is 4.72 Å². The summed E-state index contributed by atoms with van der Waals surface area (Å²) >= 11 is 4.29. The van der Waals surface area contributed by atoms with Crippen molar-refractivity contribution in [2.24, 2.45) is 10.9 Å². The lowest BCUT2D eigenvalue weighted by Gasteiger charge is -2.27. The van der Waals surface area contributed by atoms with Gasteiger partial charge in [-0.1, -0.05) is 12.1 Å². The Bertz CT molecular complexity index is 555. The molecule has 0 saturated carbocycles. The van der Waals surface area contributed by atoms with Crippen molar-refractivity contribution >= 4 is 43.1 Å². The minimum Gasteiger partial charge on any atom is -0.409 e. The monoisotopic (exact) mass is 355 g/mol. The van der Waals surface area contributed by atoms with Crippen molar-refractivity contribution in [1.82, 2.24) is 4.72 Å². The highest BCUT2D eigenvalue weighted by molar-refractivity contribution is 9.11. The topological polar surface area (TPSA) is 105 Å². The van der Waals surface area contributed by atoms with Gasteiger partial charge in [-0.25, -0.2) is 8.42 Å². The molecule has 4 N–H and O–H groups in total. The van der Waals surface area contributed by atoms with Gasteiger partial charge in [0.1, 0.15) is 4.21 Å². The summed E-state index contributed by atoms with van der Waals surface area (Å²) < 4.78 is 27.6. The van der Waals surface area contributed by atoms with Crippen molar-refractivity contribution < 1.29 is 13.6 Å². The fraction of sp³-hybridized carbons (Fsp3) is 0.444. The smallest absolute Gasteiger partial charge is 0.250 e. The van der Waals surface area contributed by atoms with Gasteiger partial charge in [-0.05, 0) is 41.4 Å². The maximum atomic E-state index is 12.1. The van der Waals surface area contributed by atoms with Crippen LogP contribution in [0.5, 0.6) is 0 Å². The first-order valence-electron chi connectivity index (χ1n) is 5.02. The summed E-state index contributed by atoms with van der Waals surface area (Å²) in [6, 6.07) is 3.13. The van der Waals surface area contributed by atoms with Crippen molar-refractivity contribution in [2.75, 3.05) is 0 Å². The summed E-state index contributed by atoms with van der Waals surface area (Å²) in [5.41, 5.74) is 4.40. The van der Waals surface area contributed by atoms with Crippen molar-refractivity contribution in [2.45, 2.75) is 30.0 Å². The molecular weight excluding hydrogens is 342 g/mol. The van der Waals surface area contributed by atoms with E-state index in [4.69, 9.17) is 10.9 Å². The molecule has 0 fully saturated rings. The maximum Gasteiger partial charge on any atom is 0.250 e. The second-order valence-electron chi connectivity index (χ2n) is 3.83. The summed E-state index contributed by atoms with van der Waals surface area (Å²) in [4.78, 5) is 0. The van der Waals surface area contributed by atoms with Gasteiger partial charge in [0.25, 0.3) is 10.0 Å². The van der Waals surface area contributed by atoms with Crippen LogP contribution in [0.2, 0.25) is 0 Å². The Morgan fingerprint density at radius 3 is 2.67 bits per heavy atom. The highest BCUT2D eigenvalue weighted by Gasteiger charge is 2.34. The molecule has 1 rings (SSSR count). The van der Waals surface area contributed by atoms with E-state index in [1.807, 2.05) is 0 Å². The number of sulfonamides is 1. The van der Waals surface area contributed by atoms with Gasteiger partial charge in [-0.3, -0.25) is 0 Å².